The van der Waals surface area contributed by atoms with Crippen LogP contribution in [0.25, 0.3) is 10.9 Å². The number of rotatable bonds is 9. The highest BCUT2D eigenvalue weighted by Gasteiger charge is 2.20. The van der Waals surface area contributed by atoms with E-state index in [0.29, 0.717) is 23.1 Å². The normalized spacial score (nSPS) is 13.1. The number of carbonyl (C=O) groups is 1. The average molecular weight is 545 g/mol. The summed E-state index contributed by atoms with van der Waals surface area (Å²) < 4.78 is 12.6. The summed E-state index contributed by atoms with van der Waals surface area (Å²) in [5.74, 6) is -0.0308. The molecule has 3 rings (SSSR count). The Labute approximate surface area is 209 Å². The molecule has 0 aliphatic rings. The van der Waals surface area contributed by atoms with Gasteiger partial charge in [0.15, 0.2) is 6.10 Å². The molecule has 2 atom stereocenters. The van der Waals surface area contributed by atoms with Crippen LogP contribution in [0, 0.1) is 10.1 Å². The maximum absolute atomic E-state index is 13.3. The number of carbonyl (C=O) groups excluding carboxylic acids is 1. The number of benzene rings is 2. The van der Waals surface area contributed by atoms with Gasteiger partial charge in [-0.1, -0.05) is 29.8 Å². The zero-order chi connectivity index (χ0) is 25.7. The van der Waals surface area contributed by atoms with Crippen molar-refractivity contribution in [1.29, 1.82) is 0 Å². The topological polar surface area (TPSA) is 126 Å². The van der Waals surface area contributed by atoms with Crippen molar-refractivity contribution in [2.75, 3.05) is 6.61 Å². The lowest BCUT2D eigenvalue weighted by Gasteiger charge is -2.16. The highest BCUT2D eigenvalue weighted by atomic mass is 79.9. The zero-order valence-corrected chi connectivity index (χ0v) is 21.3. The smallest absolute Gasteiger partial charge is 0.347 e. The van der Waals surface area contributed by atoms with E-state index >= 15 is 0 Å². The van der Waals surface area contributed by atoms with E-state index in [4.69, 9.17) is 9.47 Å². The first-order chi connectivity index (χ1) is 16.7. The molecule has 0 saturated carbocycles. The number of nitro benzene ring substituents is 1. The zero-order valence-electron chi connectivity index (χ0n) is 19.7. The second kappa shape index (κ2) is 11.2. The fourth-order valence-electron chi connectivity index (χ4n) is 3.25. The van der Waals surface area contributed by atoms with E-state index in [1.807, 2.05) is 13.8 Å². The van der Waals surface area contributed by atoms with Crippen LogP contribution >= 0.6 is 15.9 Å². The van der Waals surface area contributed by atoms with Gasteiger partial charge in [-0.05, 0) is 44.5 Å². The summed E-state index contributed by atoms with van der Waals surface area (Å²) in [4.78, 5) is 40.8. The van der Waals surface area contributed by atoms with Crippen molar-refractivity contribution in [2.45, 2.75) is 46.1 Å². The summed E-state index contributed by atoms with van der Waals surface area (Å²) in [5, 5.41) is 16.1. The van der Waals surface area contributed by atoms with Gasteiger partial charge in [0.1, 0.15) is 11.6 Å². The number of ether oxygens (including phenoxy) is 2. The van der Waals surface area contributed by atoms with Crippen molar-refractivity contribution < 1.29 is 19.2 Å². The SMILES string of the molecule is CCOC(=O)[C@@H](C)Oc1ccc([N+](=O)[O-])cc1C=Nn1c([C@H](C)CC)nc2ccc(Br)cc2c1=O. The molecule has 0 spiro atoms. The molecule has 2 aromatic carbocycles. The van der Waals surface area contributed by atoms with Gasteiger partial charge in [-0.15, -0.1) is 0 Å². The highest BCUT2D eigenvalue weighted by molar-refractivity contribution is 9.10. The van der Waals surface area contributed by atoms with Crippen molar-refractivity contribution in [1.82, 2.24) is 9.66 Å². The summed E-state index contributed by atoms with van der Waals surface area (Å²) in [6.07, 6.45) is 1.05. The molecule has 11 heteroatoms. The number of aromatic nitrogens is 2. The molecule has 0 bridgehead atoms. The number of fused-ring (bicyclic) bond motifs is 1. The summed E-state index contributed by atoms with van der Waals surface area (Å²) >= 11 is 3.37. The minimum absolute atomic E-state index is 0.0856. The molecule has 3 aromatic rings. The monoisotopic (exact) mass is 544 g/mol. The molecule has 184 valence electrons. The van der Waals surface area contributed by atoms with Crippen LogP contribution in [0.3, 0.4) is 0 Å². The fraction of sp³-hybridized carbons (Fsp3) is 0.333. The van der Waals surface area contributed by atoms with Crippen LogP contribution in [-0.4, -0.2) is 39.5 Å². The lowest BCUT2D eigenvalue weighted by molar-refractivity contribution is -0.384. The molecule has 0 unspecified atom stereocenters. The standard InChI is InChI=1S/C24H25BrN4O6/c1-5-14(3)22-27-20-9-7-17(25)12-19(20)23(30)28(22)26-13-16-11-18(29(32)33)8-10-21(16)35-15(4)24(31)34-6-2/h7-15H,5-6H2,1-4H3/t14-,15-/m1/s1. The summed E-state index contributed by atoms with van der Waals surface area (Å²) in [5.41, 5.74) is 0.183. The van der Waals surface area contributed by atoms with Crippen molar-refractivity contribution in [3.05, 3.63) is 72.7 Å². The first-order valence-electron chi connectivity index (χ1n) is 11.0. The molecular formula is C24H25BrN4O6. The Kier molecular flexibility index (Phi) is 8.34. The molecule has 0 amide bonds. The number of non-ortho nitro benzene ring substituents is 1. The molecule has 0 saturated heterocycles. The number of nitro groups is 1. The summed E-state index contributed by atoms with van der Waals surface area (Å²) in [7, 11) is 0. The summed E-state index contributed by atoms with van der Waals surface area (Å²) in [6, 6.07) is 9.12. The first kappa shape index (κ1) is 26.0. The fourth-order valence-corrected chi connectivity index (χ4v) is 3.62. The molecule has 35 heavy (non-hydrogen) atoms. The molecule has 0 N–H and O–H groups in total. The van der Waals surface area contributed by atoms with Crippen molar-refractivity contribution in [3.63, 3.8) is 0 Å². The molecule has 1 heterocycles. The first-order valence-corrected chi connectivity index (χ1v) is 11.8. The quantitative estimate of drug-likeness (QED) is 0.164. The van der Waals surface area contributed by atoms with Crippen LogP contribution in [0.1, 0.15) is 51.4 Å². The number of hydrogen-bond donors (Lipinski definition) is 0. The van der Waals surface area contributed by atoms with E-state index in [-0.39, 0.29) is 35.1 Å². The van der Waals surface area contributed by atoms with E-state index in [1.165, 1.54) is 36.0 Å². The Morgan fingerprint density at radius 3 is 2.66 bits per heavy atom. The van der Waals surface area contributed by atoms with Gasteiger partial charge in [-0.3, -0.25) is 14.9 Å². The Morgan fingerprint density at radius 1 is 1.26 bits per heavy atom. The van der Waals surface area contributed by atoms with Crippen LogP contribution in [0.15, 0.2) is 50.8 Å². The number of hydrogen-bond acceptors (Lipinski definition) is 8. The largest absolute Gasteiger partial charge is 0.478 e. The van der Waals surface area contributed by atoms with E-state index < -0.39 is 17.0 Å². The molecule has 0 fully saturated rings. The predicted molar refractivity (Wildman–Crippen MR) is 135 cm³/mol. The van der Waals surface area contributed by atoms with Gasteiger partial charge >= 0.3 is 5.97 Å². The third-order valence-corrected chi connectivity index (χ3v) is 5.82. The van der Waals surface area contributed by atoms with Crippen LogP contribution < -0.4 is 10.3 Å². The summed E-state index contributed by atoms with van der Waals surface area (Å²) in [6.45, 7) is 7.28. The van der Waals surface area contributed by atoms with Gasteiger partial charge in [0.2, 0.25) is 0 Å². The second-order valence-electron chi connectivity index (χ2n) is 7.79. The van der Waals surface area contributed by atoms with Crippen LogP contribution in [-0.2, 0) is 9.53 Å². The van der Waals surface area contributed by atoms with E-state index in [9.17, 15) is 19.7 Å². The van der Waals surface area contributed by atoms with Crippen LogP contribution in [0.4, 0.5) is 5.69 Å². The van der Waals surface area contributed by atoms with Crippen LogP contribution in [0.2, 0.25) is 0 Å². The Hall–Kier alpha value is -3.60. The Morgan fingerprint density at radius 2 is 2.00 bits per heavy atom. The lowest BCUT2D eigenvalue weighted by Crippen LogP contribution is -2.26. The maximum atomic E-state index is 13.3. The van der Waals surface area contributed by atoms with Crippen LogP contribution in [0.5, 0.6) is 5.75 Å². The van der Waals surface area contributed by atoms with Gasteiger partial charge in [-0.25, -0.2) is 9.78 Å². The number of esters is 1. The van der Waals surface area contributed by atoms with Gasteiger partial charge in [0.05, 0.1) is 28.6 Å². The van der Waals surface area contributed by atoms with Gasteiger partial charge in [0.25, 0.3) is 11.2 Å². The average Bonchev–Trinajstić information content (AvgIpc) is 2.83. The minimum Gasteiger partial charge on any atom is -0.478 e. The molecule has 0 aliphatic carbocycles. The van der Waals surface area contributed by atoms with Crippen molar-refractivity contribution >= 4 is 44.7 Å². The predicted octanol–water partition coefficient (Wildman–Crippen LogP) is 4.79. The number of nitrogens with zero attached hydrogens (tertiary/aromatic N) is 4. The van der Waals surface area contributed by atoms with E-state index in [1.54, 1.807) is 25.1 Å². The lowest BCUT2D eigenvalue weighted by atomic mass is 10.1. The van der Waals surface area contributed by atoms with Gasteiger partial charge in [-0.2, -0.15) is 9.78 Å². The van der Waals surface area contributed by atoms with E-state index in [0.717, 1.165) is 4.47 Å². The van der Waals surface area contributed by atoms with E-state index in [2.05, 4.69) is 26.0 Å². The number of halogens is 1. The Bertz CT molecular complexity index is 1350. The van der Waals surface area contributed by atoms with Crippen molar-refractivity contribution in [3.8, 4) is 5.75 Å². The highest BCUT2D eigenvalue weighted by Crippen LogP contribution is 2.25. The third-order valence-electron chi connectivity index (χ3n) is 5.33. The van der Waals surface area contributed by atoms with Crippen molar-refractivity contribution in [2.24, 2.45) is 5.10 Å². The molecule has 0 aliphatic heterocycles. The van der Waals surface area contributed by atoms with Gasteiger partial charge < -0.3 is 9.47 Å². The molecule has 0 radical (unpaired) electrons. The maximum Gasteiger partial charge on any atom is 0.347 e. The Balaban J connectivity index is 2.14. The minimum atomic E-state index is -0.957. The third kappa shape index (κ3) is 5.91. The molecular weight excluding hydrogens is 520 g/mol. The molecule has 10 nitrogen and oxygen atoms in total. The second-order valence-corrected chi connectivity index (χ2v) is 8.71. The molecule has 1 aromatic heterocycles. The van der Waals surface area contributed by atoms with Gasteiger partial charge in [0, 0.05) is 28.1 Å².